The number of hydrogen-bond donors (Lipinski definition) is 1. The van der Waals surface area contributed by atoms with Crippen molar-refractivity contribution in [3.63, 3.8) is 0 Å². The number of halogens is 2. The van der Waals surface area contributed by atoms with Crippen molar-refractivity contribution in [1.29, 1.82) is 0 Å². The van der Waals surface area contributed by atoms with Crippen LogP contribution in [0.5, 0.6) is 0 Å². The highest BCUT2D eigenvalue weighted by Gasteiger charge is 2.11. The molecule has 0 aromatic heterocycles. The average molecular weight is 248 g/mol. The summed E-state index contributed by atoms with van der Waals surface area (Å²) in [5.74, 6) is -2.45. The van der Waals surface area contributed by atoms with E-state index in [1.807, 2.05) is 0 Å². The van der Waals surface area contributed by atoms with E-state index in [0.29, 0.717) is 0 Å². The van der Waals surface area contributed by atoms with Crippen LogP contribution >= 0.6 is 0 Å². The Morgan fingerprint density at radius 2 is 1.83 bits per heavy atom. The van der Waals surface area contributed by atoms with Gasteiger partial charge >= 0.3 is 5.97 Å². The molecule has 18 heavy (non-hydrogen) atoms. The topological polar surface area (TPSA) is 37.3 Å². The Bertz CT molecular complexity index is 621. The van der Waals surface area contributed by atoms with Crippen molar-refractivity contribution < 1.29 is 18.7 Å². The van der Waals surface area contributed by atoms with Gasteiger partial charge in [0.25, 0.3) is 0 Å². The lowest BCUT2D eigenvalue weighted by molar-refractivity contribution is 0.0696. The Labute approximate surface area is 103 Å². The van der Waals surface area contributed by atoms with Crippen molar-refractivity contribution in [2.24, 2.45) is 0 Å². The smallest absolute Gasteiger partial charge is 0.335 e. The summed E-state index contributed by atoms with van der Waals surface area (Å²) in [4.78, 5) is 10.8. The molecule has 2 aromatic rings. The van der Waals surface area contributed by atoms with Gasteiger partial charge in [-0.05, 0) is 42.3 Å². The van der Waals surface area contributed by atoms with Crippen LogP contribution in [-0.4, -0.2) is 11.1 Å². The molecule has 2 rings (SSSR count). The molecule has 2 aromatic carbocycles. The highest BCUT2D eigenvalue weighted by molar-refractivity contribution is 5.89. The first-order chi connectivity index (χ1) is 8.47. The van der Waals surface area contributed by atoms with E-state index in [-0.39, 0.29) is 16.7 Å². The van der Waals surface area contributed by atoms with Gasteiger partial charge in [-0.25, -0.2) is 13.6 Å². The number of benzene rings is 2. The minimum atomic E-state index is -1.25. The Kier molecular flexibility index (Phi) is 3.10. The highest BCUT2D eigenvalue weighted by atomic mass is 19.1. The monoisotopic (exact) mass is 248 g/mol. The summed E-state index contributed by atoms with van der Waals surface area (Å²) in [7, 11) is 0. The second kappa shape index (κ2) is 4.56. The molecule has 4 heteroatoms. The zero-order chi connectivity index (χ0) is 13.3. The SMILES string of the molecule is Cc1ccc(-c2cc(F)cc(C(=O)O)c2)c(F)c1. The first-order valence-corrected chi connectivity index (χ1v) is 5.28. The van der Waals surface area contributed by atoms with Gasteiger partial charge in [0.05, 0.1) is 5.56 Å². The molecule has 0 spiro atoms. The highest BCUT2D eigenvalue weighted by Crippen LogP contribution is 2.25. The van der Waals surface area contributed by atoms with Gasteiger partial charge in [-0.3, -0.25) is 0 Å². The van der Waals surface area contributed by atoms with Gasteiger partial charge < -0.3 is 5.11 Å². The quantitative estimate of drug-likeness (QED) is 0.880. The van der Waals surface area contributed by atoms with Crippen molar-refractivity contribution in [2.45, 2.75) is 6.92 Å². The lowest BCUT2D eigenvalue weighted by Crippen LogP contribution is -1.98. The predicted octanol–water partition coefficient (Wildman–Crippen LogP) is 3.64. The van der Waals surface area contributed by atoms with Gasteiger partial charge in [0, 0.05) is 5.56 Å². The van der Waals surface area contributed by atoms with E-state index < -0.39 is 17.6 Å². The standard InChI is InChI=1S/C14H10F2O2/c1-8-2-3-12(13(16)4-8)9-5-10(14(17)18)7-11(15)6-9/h2-7H,1H3,(H,17,18). The third-order valence-electron chi connectivity index (χ3n) is 2.58. The molecule has 0 unspecified atom stereocenters. The number of aromatic carboxylic acids is 1. The second-order valence-corrected chi connectivity index (χ2v) is 4.02. The second-order valence-electron chi connectivity index (χ2n) is 4.02. The largest absolute Gasteiger partial charge is 0.478 e. The van der Waals surface area contributed by atoms with Gasteiger partial charge in [-0.15, -0.1) is 0 Å². The Morgan fingerprint density at radius 3 is 2.44 bits per heavy atom. The molecule has 0 aliphatic heterocycles. The summed E-state index contributed by atoms with van der Waals surface area (Å²) in [5, 5.41) is 8.83. The molecule has 0 saturated heterocycles. The fourth-order valence-electron chi connectivity index (χ4n) is 1.72. The molecule has 1 N–H and O–H groups in total. The fourth-order valence-corrected chi connectivity index (χ4v) is 1.72. The lowest BCUT2D eigenvalue weighted by atomic mass is 10.0. The van der Waals surface area contributed by atoms with E-state index in [1.54, 1.807) is 13.0 Å². The third-order valence-corrected chi connectivity index (χ3v) is 2.58. The van der Waals surface area contributed by atoms with Gasteiger partial charge in [0.2, 0.25) is 0 Å². The van der Waals surface area contributed by atoms with Crippen LogP contribution in [0.25, 0.3) is 11.1 Å². The third kappa shape index (κ3) is 2.37. The van der Waals surface area contributed by atoms with Crippen LogP contribution < -0.4 is 0 Å². The van der Waals surface area contributed by atoms with E-state index in [4.69, 9.17) is 5.11 Å². The maximum Gasteiger partial charge on any atom is 0.335 e. The minimum absolute atomic E-state index is 0.183. The maximum absolute atomic E-state index is 13.7. The van der Waals surface area contributed by atoms with E-state index in [1.165, 1.54) is 18.2 Å². The number of hydrogen-bond acceptors (Lipinski definition) is 1. The summed E-state index contributed by atoms with van der Waals surface area (Å²) >= 11 is 0. The molecule has 0 heterocycles. The summed E-state index contributed by atoms with van der Waals surface area (Å²) in [6.07, 6.45) is 0. The summed E-state index contributed by atoms with van der Waals surface area (Å²) in [5.41, 5.74) is 0.934. The zero-order valence-electron chi connectivity index (χ0n) is 9.58. The first kappa shape index (κ1) is 12.2. The molecular weight excluding hydrogens is 238 g/mol. The lowest BCUT2D eigenvalue weighted by Gasteiger charge is -2.06. The van der Waals surface area contributed by atoms with Crippen LogP contribution in [0.15, 0.2) is 36.4 Å². The zero-order valence-corrected chi connectivity index (χ0v) is 9.58. The average Bonchev–Trinajstić information content (AvgIpc) is 2.27. The van der Waals surface area contributed by atoms with Crippen LogP contribution in [0.1, 0.15) is 15.9 Å². The van der Waals surface area contributed by atoms with Crippen molar-refractivity contribution in [2.75, 3.05) is 0 Å². The molecule has 2 nitrogen and oxygen atoms in total. The van der Waals surface area contributed by atoms with Crippen LogP contribution in [0.2, 0.25) is 0 Å². The molecule has 0 atom stereocenters. The molecule has 0 amide bonds. The molecule has 92 valence electrons. The number of carboxylic acid groups (broad SMARTS) is 1. The van der Waals surface area contributed by atoms with Crippen molar-refractivity contribution in [3.05, 3.63) is 59.2 Å². The number of carboxylic acids is 1. The molecule has 0 bridgehead atoms. The normalized spacial score (nSPS) is 10.4. The Hall–Kier alpha value is -2.23. The number of aryl methyl sites for hydroxylation is 1. The number of rotatable bonds is 2. The molecule has 0 aliphatic carbocycles. The van der Waals surface area contributed by atoms with E-state index >= 15 is 0 Å². The first-order valence-electron chi connectivity index (χ1n) is 5.28. The molecule has 0 fully saturated rings. The van der Waals surface area contributed by atoms with Gasteiger partial charge in [-0.1, -0.05) is 12.1 Å². The van der Waals surface area contributed by atoms with Crippen LogP contribution in [0.4, 0.5) is 8.78 Å². The van der Waals surface area contributed by atoms with Crippen molar-refractivity contribution in [1.82, 2.24) is 0 Å². The van der Waals surface area contributed by atoms with Crippen molar-refractivity contribution in [3.8, 4) is 11.1 Å². The van der Waals surface area contributed by atoms with E-state index in [2.05, 4.69) is 0 Å². The maximum atomic E-state index is 13.7. The summed E-state index contributed by atoms with van der Waals surface area (Å²) in [6, 6.07) is 7.77. The van der Waals surface area contributed by atoms with Crippen LogP contribution in [-0.2, 0) is 0 Å². The van der Waals surface area contributed by atoms with Crippen molar-refractivity contribution >= 4 is 5.97 Å². The number of carbonyl (C=O) groups is 1. The Morgan fingerprint density at radius 1 is 1.11 bits per heavy atom. The Balaban J connectivity index is 2.60. The predicted molar refractivity (Wildman–Crippen MR) is 63.5 cm³/mol. The van der Waals surface area contributed by atoms with E-state index in [9.17, 15) is 13.6 Å². The fraction of sp³-hybridized carbons (Fsp3) is 0.0714. The van der Waals surface area contributed by atoms with Crippen LogP contribution in [0, 0.1) is 18.6 Å². The molecular formula is C14H10F2O2. The molecule has 0 radical (unpaired) electrons. The van der Waals surface area contributed by atoms with Crippen LogP contribution in [0.3, 0.4) is 0 Å². The summed E-state index contributed by atoms with van der Waals surface area (Å²) < 4.78 is 27.0. The minimum Gasteiger partial charge on any atom is -0.478 e. The molecule has 0 saturated carbocycles. The van der Waals surface area contributed by atoms with Gasteiger partial charge in [-0.2, -0.15) is 0 Å². The van der Waals surface area contributed by atoms with E-state index in [0.717, 1.165) is 17.7 Å². The van der Waals surface area contributed by atoms with Gasteiger partial charge in [0.1, 0.15) is 11.6 Å². The summed E-state index contributed by atoms with van der Waals surface area (Å²) in [6.45, 7) is 1.74. The van der Waals surface area contributed by atoms with Gasteiger partial charge in [0.15, 0.2) is 0 Å². The molecule has 0 aliphatic rings.